The van der Waals surface area contributed by atoms with Gasteiger partial charge in [-0.05, 0) is 68.7 Å². The van der Waals surface area contributed by atoms with Crippen LogP contribution in [0.1, 0.15) is 24.6 Å². The highest BCUT2D eigenvalue weighted by molar-refractivity contribution is 7.99. The molecule has 216 valence electrons. The van der Waals surface area contributed by atoms with Gasteiger partial charge in [0.25, 0.3) is 0 Å². The van der Waals surface area contributed by atoms with Crippen molar-refractivity contribution in [2.75, 3.05) is 39.0 Å². The summed E-state index contributed by atoms with van der Waals surface area (Å²) in [4.78, 5) is 32.0. The predicted octanol–water partition coefficient (Wildman–Crippen LogP) is 6.64. The third-order valence-electron chi connectivity index (χ3n) is 6.74. The molecule has 5 aromatic rings. The summed E-state index contributed by atoms with van der Waals surface area (Å²) in [7, 11) is 3.80. The molecule has 6 rings (SSSR count). The maximum absolute atomic E-state index is 13.5. The zero-order valence-electron chi connectivity index (χ0n) is 23.0. The second-order valence-electron chi connectivity index (χ2n) is 10.1. The van der Waals surface area contributed by atoms with Crippen LogP contribution in [-0.2, 0) is 4.79 Å². The molecule has 0 radical (unpaired) electrons. The number of hydrogen-bond acceptors (Lipinski definition) is 11. The number of aromatic nitrogens is 4. The predicted molar refractivity (Wildman–Crippen MR) is 165 cm³/mol. The van der Waals surface area contributed by atoms with Crippen LogP contribution in [-0.4, -0.2) is 68.8 Å². The third kappa shape index (κ3) is 6.70. The molecule has 0 atom stereocenters. The Morgan fingerprint density at radius 2 is 1.98 bits per heavy atom. The van der Waals surface area contributed by atoms with Crippen molar-refractivity contribution in [3.05, 3.63) is 71.9 Å². The molecule has 1 saturated heterocycles. The van der Waals surface area contributed by atoms with Gasteiger partial charge in [0.15, 0.2) is 11.6 Å². The van der Waals surface area contributed by atoms with Crippen molar-refractivity contribution in [3.8, 4) is 11.5 Å². The standard InChI is InChI=1S/C29H28FN7O2S3/c1-36(2)17-25(38)37-12-8-18(9-13-37)27-33-29(42-35-27)34-28-23(39-20-5-3-19(30)4-6-20)15-21(16-32-28)41-24-7-11-31-22-10-14-40-26(22)24/h3-7,10-11,14-16,18H,8-9,12-13,17H2,1-2H3,(H,32,33,34,35). The van der Waals surface area contributed by atoms with Gasteiger partial charge >= 0.3 is 0 Å². The minimum absolute atomic E-state index is 0.150. The smallest absolute Gasteiger partial charge is 0.236 e. The van der Waals surface area contributed by atoms with E-state index in [4.69, 9.17) is 9.72 Å². The van der Waals surface area contributed by atoms with Crippen LogP contribution in [0.5, 0.6) is 11.5 Å². The summed E-state index contributed by atoms with van der Waals surface area (Å²) in [6.07, 6.45) is 5.23. The van der Waals surface area contributed by atoms with Crippen molar-refractivity contribution in [1.29, 1.82) is 0 Å². The number of amides is 1. The second-order valence-corrected chi connectivity index (χ2v) is 12.9. The molecule has 0 unspecified atom stereocenters. The van der Waals surface area contributed by atoms with Gasteiger partial charge in [0.2, 0.25) is 11.0 Å². The van der Waals surface area contributed by atoms with Crippen LogP contribution in [0.2, 0.25) is 0 Å². The molecular formula is C29H28FN7O2S3. The van der Waals surface area contributed by atoms with E-state index >= 15 is 0 Å². The lowest BCUT2D eigenvalue weighted by molar-refractivity contribution is -0.132. The summed E-state index contributed by atoms with van der Waals surface area (Å²) in [5.74, 6) is 2.22. The Labute approximate surface area is 254 Å². The summed E-state index contributed by atoms with van der Waals surface area (Å²) < 4.78 is 25.4. The van der Waals surface area contributed by atoms with Gasteiger partial charge in [0, 0.05) is 58.8 Å². The Kier molecular flexibility index (Phi) is 8.60. The molecule has 1 fully saturated rings. The number of ether oxygens (including phenoxy) is 1. The Bertz CT molecular complexity index is 1680. The summed E-state index contributed by atoms with van der Waals surface area (Å²) in [5, 5.41) is 5.90. The Morgan fingerprint density at radius 3 is 2.76 bits per heavy atom. The molecular weight excluding hydrogens is 594 g/mol. The van der Waals surface area contributed by atoms with E-state index in [0.717, 1.165) is 38.7 Å². The summed E-state index contributed by atoms with van der Waals surface area (Å²) in [6, 6.07) is 11.8. The van der Waals surface area contributed by atoms with Gasteiger partial charge in [0.05, 0.1) is 16.8 Å². The lowest BCUT2D eigenvalue weighted by Crippen LogP contribution is -2.42. The number of rotatable bonds is 9. The molecule has 0 saturated carbocycles. The molecule has 1 N–H and O–H groups in total. The van der Waals surface area contributed by atoms with Gasteiger partial charge < -0.3 is 19.9 Å². The molecule has 42 heavy (non-hydrogen) atoms. The van der Waals surface area contributed by atoms with Gasteiger partial charge in [-0.25, -0.2) is 14.4 Å². The zero-order chi connectivity index (χ0) is 29.1. The number of likely N-dealkylation sites (N-methyl/N-ethyl adjacent to an activating group) is 1. The molecule has 4 aromatic heterocycles. The van der Waals surface area contributed by atoms with Crippen LogP contribution in [0.25, 0.3) is 10.2 Å². The number of carbonyl (C=O) groups is 1. The number of halogens is 1. The monoisotopic (exact) mass is 621 g/mol. The first-order chi connectivity index (χ1) is 20.4. The summed E-state index contributed by atoms with van der Waals surface area (Å²) >= 11 is 4.49. The van der Waals surface area contributed by atoms with E-state index in [1.807, 2.05) is 47.5 Å². The van der Waals surface area contributed by atoms with Crippen molar-refractivity contribution in [2.45, 2.75) is 28.6 Å². The number of hydrogen-bond donors (Lipinski definition) is 1. The number of piperidine rings is 1. The number of nitrogens with zero attached hydrogens (tertiary/aromatic N) is 6. The second kappa shape index (κ2) is 12.7. The molecule has 1 aliphatic rings. The maximum Gasteiger partial charge on any atom is 0.236 e. The normalized spacial score (nSPS) is 14.0. The van der Waals surface area contributed by atoms with E-state index in [9.17, 15) is 9.18 Å². The number of fused-ring (bicyclic) bond motifs is 1. The maximum atomic E-state index is 13.5. The number of nitrogens with one attached hydrogen (secondary N) is 1. The average molecular weight is 622 g/mol. The first-order valence-corrected chi connectivity index (χ1v) is 15.8. The fraction of sp³-hybridized carbons (Fsp3) is 0.276. The summed E-state index contributed by atoms with van der Waals surface area (Å²) in [6.45, 7) is 1.82. The fourth-order valence-electron chi connectivity index (χ4n) is 4.65. The van der Waals surface area contributed by atoms with Crippen LogP contribution >= 0.6 is 34.6 Å². The molecule has 13 heteroatoms. The first kappa shape index (κ1) is 28.5. The van der Waals surface area contributed by atoms with Crippen molar-refractivity contribution in [1.82, 2.24) is 29.1 Å². The quantitative estimate of drug-likeness (QED) is 0.194. The van der Waals surface area contributed by atoms with Crippen LogP contribution in [0.3, 0.4) is 0 Å². The highest BCUT2D eigenvalue weighted by Crippen LogP contribution is 2.39. The molecule has 1 aromatic carbocycles. The Hall–Kier alpha value is -3.65. The van der Waals surface area contributed by atoms with Gasteiger partial charge in [-0.3, -0.25) is 9.78 Å². The van der Waals surface area contributed by atoms with E-state index in [0.29, 0.717) is 42.1 Å². The minimum Gasteiger partial charge on any atom is -0.453 e. The van der Waals surface area contributed by atoms with Crippen molar-refractivity contribution in [3.63, 3.8) is 0 Å². The number of anilines is 2. The van der Waals surface area contributed by atoms with E-state index in [1.54, 1.807) is 47.6 Å². The van der Waals surface area contributed by atoms with Crippen molar-refractivity contribution in [2.24, 2.45) is 0 Å². The molecule has 5 heterocycles. The molecule has 1 aliphatic heterocycles. The molecule has 0 spiro atoms. The third-order valence-corrected chi connectivity index (χ3v) is 9.47. The number of benzene rings is 1. The van der Waals surface area contributed by atoms with Gasteiger partial charge in [0.1, 0.15) is 17.4 Å². The highest BCUT2D eigenvalue weighted by Gasteiger charge is 2.27. The highest BCUT2D eigenvalue weighted by atomic mass is 32.2. The number of carbonyl (C=O) groups excluding carboxylic acids is 1. The molecule has 0 aliphatic carbocycles. The fourth-order valence-corrected chi connectivity index (χ4v) is 7.18. The SMILES string of the molecule is CN(C)CC(=O)N1CCC(c2nsc(Nc3ncc(Sc4ccnc5ccsc45)cc3Oc3ccc(F)cc3)n2)CC1. The molecule has 0 bridgehead atoms. The first-order valence-electron chi connectivity index (χ1n) is 13.4. The van der Waals surface area contributed by atoms with E-state index in [-0.39, 0.29) is 17.6 Å². The lowest BCUT2D eigenvalue weighted by atomic mass is 9.96. The lowest BCUT2D eigenvalue weighted by Gasteiger charge is -2.31. The van der Waals surface area contributed by atoms with Crippen molar-refractivity contribution >= 4 is 61.7 Å². The van der Waals surface area contributed by atoms with Crippen LogP contribution in [0, 0.1) is 5.82 Å². The van der Waals surface area contributed by atoms with Gasteiger partial charge in [-0.15, -0.1) is 11.3 Å². The zero-order valence-corrected chi connectivity index (χ0v) is 25.4. The molecule has 1 amide bonds. The van der Waals surface area contributed by atoms with Crippen LogP contribution in [0.4, 0.5) is 15.3 Å². The van der Waals surface area contributed by atoms with Crippen molar-refractivity contribution < 1.29 is 13.9 Å². The summed E-state index contributed by atoms with van der Waals surface area (Å²) in [5.41, 5.74) is 0.956. The average Bonchev–Trinajstić information content (AvgIpc) is 3.66. The van der Waals surface area contributed by atoms with Crippen LogP contribution in [0.15, 0.2) is 70.0 Å². The van der Waals surface area contributed by atoms with Crippen LogP contribution < -0.4 is 10.1 Å². The topological polar surface area (TPSA) is 96.4 Å². The van der Waals surface area contributed by atoms with E-state index in [2.05, 4.69) is 19.7 Å². The largest absolute Gasteiger partial charge is 0.453 e. The number of pyridine rings is 2. The molecule has 9 nitrogen and oxygen atoms in total. The van der Waals surface area contributed by atoms with Gasteiger partial charge in [-0.2, -0.15) is 4.37 Å². The Morgan fingerprint density at radius 1 is 1.17 bits per heavy atom. The van der Waals surface area contributed by atoms with E-state index < -0.39 is 0 Å². The minimum atomic E-state index is -0.338. The van der Waals surface area contributed by atoms with E-state index in [1.165, 1.54) is 23.7 Å². The number of thiophene rings is 1. The Balaban J connectivity index is 1.19. The number of likely N-dealkylation sites (tertiary alicyclic amines) is 1. The van der Waals surface area contributed by atoms with Gasteiger partial charge in [-0.1, -0.05) is 11.8 Å².